The standard InChI is InChI=1S/C12H10F2N2O2/c1-7-3-4-9(16-5-8(2)15-6-16)11-10(7)17-12(13,14)18-11/h3-6H,1-2H3. The van der Waals surface area contributed by atoms with Gasteiger partial charge < -0.3 is 14.0 Å². The van der Waals surface area contributed by atoms with Gasteiger partial charge in [-0.1, -0.05) is 6.07 Å². The lowest BCUT2D eigenvalue weighted by atomic mass is 10.2. The Kier molecular flexibility index (Phi) is 2.10. The Morgan fingerprint density at radius 1 is 1.17 bits per heavy atom. The number of fused-ring (bicyclic) bond motifs is 1. The Balaban J connectivity index is 2.17. The van der Waals surface area contributed by atoms with Crippen LogP contribution < -0.4 is 9.47 Å². The van der Waals surface area contributed by atoms with E-state index in [1.807, 2.05) is 6.92 Å². The summed E-state index contributed by atoms with van der Waals surface area (Å²) < 4.78 is 37.0. The smallest absolute Gasteiger partial charge is 0.395 e. The number of aromatic nitrogens is 2. The van der Waals surface area contributed by atoms with Crippen molar-refractivity contribution in [3.05, 3.63) is 35.9 Å². The van der Waals surface area contributed by atoms with E-state index < -0.39 is 6.29 Å². The third-order valence-electron chi connectivity index (χ3n) is 2.72. The minimum atomic E-state index is -3.61. The fraction of sp³-hybridized carbons (Fsp3) is 0.250. The number of halogens is 2. The second-order valence-corrected chi connectivity index (χ2v) is 4.15. The van der Waals surface area contributed by atoms with Crippen molar-refractivity contribution in [2.75, 3.05) is 0 Å². The highest BCUT2D eigenvalue weighted by Gasteiger charge is 2.45. The van der Waals surface area contributed by atoms with Crippen LogP contribution >= 0.6 is 0 Å². The molecule has 0 amide bonds. The monoisotopic (exact) mass is 252 g/mol. The van der Waals surface area contributed by atoms with Gasteiger partial charge >= 0.3 is 6.29 Å². The molecule has 0 radical (unpaired) electrons. The van der Waals surface area contributed by atoms with E-state index in [0.29, 0.717) is 11.3 Å². The zero-order chi connectivity index (χ0) is 12.9. The lowest BCUT2D eigenvalue weighted by Gasteiger charge is -2.07. The van der Waals surface area contributed by atoms with Crippen LogP contribution in [0.3, 0.4) is 0 Å². The summed E-state index contributed by atoms with van der Waals surface area (Å²) in [6.45, 7) is 3.50. The van der Waals surface area contributed by atoms with E-state index in [1.165, 1.54) is 0 Å². The molecule has 1 aromatic carbocycles. The molecule has 1 aromatic heterocycles. The third-order valence-corrected chi connectivity index (χ3v) is 2.72. The second kappa shape index (κ2) is 3.44. The first-order valence-electron chi connectivity index (χ1n) is 5.37. The number of rotatable bonds is 1. The summed E-state index contributed by atoms with van der Waals surface area (Å²) in [5.41, 5.74) is 1.87. The topological polar surface area (TPSA) is 36.3 Å². The number of imidazole rings is 1. The number of alkyl halides is 2. The molecule has 0 unspecified atom stereocenters. The quantitative estimate of drug-likeness (QED) is 0.783. The summed E-state index contributed by atoms with van der Waals surface area (Å²) >= 11 is 0. The zero-order valence-electron chi connectivity index (χ0n) is 9.78. The third kappa shape index (κ3) is 1.61. The molecule has 0 atom stereocenters. The van der Waals surface area contributed by atoms with Crippen LogP contribution in [0.25, 0.3) is 5.69 Å². The van der Waals surface area contributed by atoms with Crippen molar-refractivity contribution < 1.29 is 18.3 Å². The number of ether oxygens (including phenoxy) is 2. The van der Waals surface area contributed by atoms with E-state index in [9.17, 15) is 8.78 Å². The van der Waals surface area contributed by atoms with E-state index >= 15 is 0 Å². The first kappa shape index (κ1) is 11.0. The SMILES string of the molecule is Cc1cn(-c2ccc(C)c3c2OC(F)(F)O3)cn1. The molecule has 2 aromatic rings. The molecule has 94 valence electrons. The van der Waals surface area contributed by atoms with E-state index in [-0.39, 0.29) is 11.5 Å². The predicted octanol–water partition coefficient (Wildman–Crippen LogP) is 2.81. The van der Waals surface area contributed by atoms with Gasteiger partial charge in [-0.2, -0.15) is 0 Å². The normalized spacial score (nSPS) is 16.0. The first-order chi connectivity index (χ1) is 8.46. The first-order valence-corrected chi connectivity index (χ1v) is 5.37. The molecular weight excluding hydrogens is 242 g/mol. The molecule has 0 aliphatic carbocycles. The fourth-order valence-corrected chi connectivity index (χ4v) is 1.89. The van der Waals surface area contributed by atoms with Crippen LogP contribution in [0.5, 0.6) is 11.5 Å². The van der Waals surface area contributed by atoms with Crippen LogP contribution in [0.4, 0.5) is 8.78 Å². The molecule has 1 aliphatic heterocycles. The lowest BCUT2D eigenvalue weighted by molar-refractivity contribution is -0.286. The lowest BCUT2D eigenvalue weighted by Crippen LogP contribution is -2.26. The number of hydrogen-bond acceptors (Lipinski definition) is 3. The Bertz CT molecular complexity index is 623. The average Bonchev–Trinajstić information content (AvgIpc) is 2.82. The largest absolute Gasteiger partial charge is 0.586 e. The highest BCUT2D eigenvalue weighted by molar-refractivity contribution is 5.60. The van der Waals surface area contributed by atoms with Crippen LogP contribution in [-0.4, -0.2) is 15.8 Å². The van der Waals surface area contributed by atoms with E-state index in [4.69, 9.17) is 0 Å². The Hall–Kier alpha value is -2.11. The molecule has 0 fully saturated rings. The second-order valence-electron chi connectivity index (χ2n) is 4.15. The van der Waals surface area contributed by atoms with Crippen LogP contribution in [0.1, 0.15) is 11.3 Å². The van der Waals surface area contributed by atoms with Crippen molar-refractivity contribution in [1.82, 2.24) is 9.55 Å². The molecule has 1 aliphatic rings. The molecule has 3 rings (SSSR count). The van der Waals surface area contributed by atoms with Gasteiger partial charge in [0.25, 0.3) is 0 Å². The van der Waals surface area contributed by atoms with E-state index in [0.717, 1.165) is 5.69 Å². The van der Waals surface area contributed by atoms with Crippen LogP contribution in [0, 0.1) is 13.8 Å². The predicted molar refractivity (Wildman–Crippen MR) is 59.2 cm³/mol. The summed E-state index contributed by atoms with van der Waals surface area (Å²) in [7, 11) is 0. The van der Waals surface area contributed by atoms with Gasteiger partial charge in [0.15, 0.2) is 11.5 Å². The molecule has 0 N–H and O–H groups in total. The van der Waals surface area contributed by atoms with E-state index in [2.05, 4.69) is 14.5 Å². The maximum atomic E-state index is 13.1. The maximum absolute atomic E-state index is 13.1. The number of hydrogen-bond donors (Lipinski definition) is 0. The molecule has 0 saturated heterocycles. The fourth-order valence-electron chi connectivity index (χ4n) is 1.89. The molecule has 0 saturated carbocycles. The van der Waals surface area contributed by atoms with E-state index in [1.54, 1.807) is 36.1 Å². The van der Waals surface area contributed by atoms with Gasteiger partial charge in [0.05, 0.1) is 17.7 Å². The van der Waals surface area contributed by atoms with Gasteiger partial charge in [0, 0.05) is 6.20 Å². The molecule has 18 heavy (non-hydrogen) atoms. The van der Waals surface area contributed by atoms with Crippen molar-refractivity contribution in [3.63, 3.8) is 0 Å². The van der Waals surface area contributed by atoms with Gasteiger partial charge in [0.2, 0.25) is 0 Å². The van der Waals surface area contributed by atoms with Gasteiger partial charge in [0.1, 0.15) is 0 Å². The van der Waals surface area contributed by atoms with Crippen LogP contribution in [0.2, 0.25) is 0 Å². The molecule has 0 spiro atoms. The van der Waals surface area contributed by atoms with Gasteiger partial charge in [-0.3, -0.25) is 0 Å². The molecular formula is C12H10F2N2O2. The molecule has 6 heteroatoms. The zero-order valence-corrected chi connectivity index (χ0v) is 9.78. The number of nitrogens with zero attached hydrogens (tertiary/aromatic N) is 2. The van der Waals surface area contributed by atoms with Crippen LogP contribution in [-0.2, 0) is 0 Å². The number of aryl methyl sites for hydroxylation is 2. The van der Waals surface area contributed by atoms with Crippen LogP contribution in [0.15, 0.2) is 24.7 Å². The van der Waals surface area contributed by atoms with Crippen molar-refractivity contribution in [1.29, 1.82) is 0 Å². The molecule has 0 bridgehead atoms. The Morgan fingerprint density at radius 2 is 1.89 bits per heavy atom. The molecule has 4 nitrogen and oxygen atoms in total. The molecule has 2 heterocycles. The summed E-state index contributed by atoms with van der Waals surface area (Å²) in [4.78, 5) is 4.06. The number of benzene rings is 1. The summed E-state index contributed by atoms with van der Waals surface area (Å²) in [5.74, 6) is 0.112. The van der Waals surface area contributed by atoms with Crippen molar-refractivity contribution in [2.24, 2.45) is 0 Å². The Morgan fingerprint density at radius 3 is 2.56 bits per heavy atom. The minimum Gasteiger partial charge on any atom is -0.395 e. The summed E-state index contributed by atoms with van der Waals surface area (Å²) in [6.07, 6.45) is -0.344. The highest BCUT2D eigenvalue weighted by atomic mass is 19.3. The summed E-state index contributed by atoms with van der Waals surface area (Å²) in [6, 6.07) is 3.40. The van der Waals surface area contributed by atoms with Crippen molar-refractivity contribution in [3.8, 4) is 17.2 Å². The Labute approximate surface area is 102 Å². The highest BCUT2D eigenvalue weighted by Crippen LogP contribution is 2.46. The maximum Gasteiger partial charge on any atom is 0.586 e. The van der Waals surface area contributed by atoms with Gasteiger partial charge in [-0.25, -0.2) is 4.98 Å². The van der Waals surface area contributed by atoms with Gasteiger partial charge in [-0.15, -0.1) is 8.78 Å². The average molecular weight is 252 g/mol. The minimum absolute atomic E-state index is 0.0393. The van der Waals surface area contributed by atoms with Crippen molar-refractivity contribution >= 4 is 0 Å². The van der Waals surface area contributed by atoms with Crippen molar-refractivity contribution in [2.45, 2.75) is 20.1 Å². The van der Waals surface area contributed by atoms with Gasteiger partial charge in [-0.05, 0) is 25.5 Å². The summed E-state index contributed by atoms with van der Waals surface area (Å²) in [5, 5.41) is 0.